The lowest BCUT2D eigenvalue weighted by Crippen LogP contribution is -2.42. The Morgan fingerprint density at radius 1 is 1.29 bits per heavy atom. The fourth-order valence-corrected chi connectivity index (χ4v) is 2.53. The standard InChI is InChI=1S/C14H16F3NO3/c15-14(16,17)21-11-5-1-9(2-6-11)7-13(8-18,12(19)20)10-3-4-10/h1-2,5-6,10H,3-4,7-8,18H2,(H,19,20). The highest BCUT2D eigenvalue weighted by Gasteiger charge is 2.50. The van der Waals surface area contributed by atoms with Gasteiger partial charge in [0.1, 0.15) is 5.75 Å². The maximum Gasteiger partial charge on any atom is 0.573 e. The van der Waals surface area contributed by atoms with Gasteiger partial charge >= 0.3 is 12.3 Å². The third-order valence-corrected chi connectivity index (χ3v) is 3.83. The van der Waals surface area contributed by atoms with Gasteiger partial charge < -0.3 is 15.6 Å². The molecule has 0 heterocycles. The van der Waals surface area contributed by atoms with Crippen molar-refractivity contribution in [3.63, 3.8) is 0 Å². The Morgan fingerprint density at radius 3 is 2.24 bits per heavy atom. The number of rotatable bonds is 6. The van der Waals surface area contributed by atoms with Crippen LogP contribution >= 0.6 is 0 Å². The summed E-state index contributed by atoms with van der Waals surface area (Å²) in [5.74, 6) is -1.25. The number of alkyl halides is 3. The number of carboxylic acid groups (broad SMARTS) is 1. The molecule has 1 aromatic rings. The van der Waals surface area contributed by atoms with Gasteiger partial charge in [0.05, 0.1) is 5.41 Å². The normalized spacial score (nSPS) is 18.1. The molecule has 3 N–H and O–H groups in total. The van der Waals surface area contributed by atoms with Gasteiger partial charge in [-0.25, -0.2) is 0 Å². The number of hydrogen-bond acceptors (Lipinski definition) is 3. The van der Waals surface area contributed by atoms with Crippen molar-refractivity contribution in [3.8, 4) is 5.75 Å². The molecule has 4 nitrogen and oxygen atoms in total. The minimum Gasteiger partial charge on any atom is -0.481 e. The van der Waals surface area contributed by atoms with Gasteiger partial charge in [0.25, 0.3) is 0 Å². The molecule has 2 rings (SSSR count). The van der Waals surface area contributed by atoms with Crippen molar-refractivity contribution in [2.45, 2.75) is 25.6 Å². The molecule has 1 fully saturated rings. The third-order valence-electron chi connectivity index (χ3n) is 3.83. The quantitative estimate of drug-likeness (QED) is 0.847. The SMILES string of the molecule is NCC(Cc1ccc(OC(F)(F)F)cc1)(C(=O)O)C1CC1. The molecule has 1 aliphatic rings. The third kappa shape index (κ3) is 3.66. The van der Waals surface area contributed by atoms with E-state index in [1.807, 2.05) is 0 Å². The van der Waals surface area contributed by atoms with Gasteiger partial charge in [0.2, 0.25) is 0 Å². The first-order valence-corrected chi connectivity index (χ1v) is 6.55. The molecule has 0 aromatic heterocycles. The molecule has 0 saturated heterocycles. The van der Waals surface area contributed by atoms with Crippen LogP contribution in [0.3, 0.4) is 0 Å². The zero-order valence-corrected chi connectivity index (χ0v) is 11.2. The first-order chi connectivity index (χ1) is 9.77. The molecule has 21 heavy (non-hydrogen) atoms. The number of benzene rings is 1. The molecular formula is C14H16F3NO3. The lowest BCUT2D eigenvalue weighted by atomic mass is 9.77. The predicted octanol–water partition coefficient (Wildman–Crippen LogP) is 2.57. The van der Waals surface area contributed by atoms with Crippen LogP contribution in [0.5, 0.6) is 5.75 Å². The van der Waals surface area contributed by atoms with E-state index in [9.17, 15) is 23.1 Å². The van der Waals surface area contributed by atoms with E-state index in [2.05, 4.69) is 4.74 Å². The van der Waals surface area contributed by atoms with Crippen molar-refractivity contribution >= 4 is 5.97 Å². The van der Waals surface area contributed by atoms with Crippen LogP contribution in [-0.4, -0.2) is 24.0 Å². The van der Waals surface area contributed by atoms with E-state index in [4.69, 9.17) is 5.73 Å². The molecule has 1 saturated carbocycles. The molecule has 0 aliphatic heterocycles. The van der Waals surface area contributed by atoms with E-state index in [-0.39, 0.29) is 24.6 Å². The highest BCUT2D eigenvalue weighted by molar-refractivity contribution is 5.76. The number of halogens is 3. The van der Waals surface area contributed by atoms with E-state index < -0.39 is 17.7 Å². The van der Waals surface area contributed by atoms with Gasteiger partial charge in [-0.05, 0) is 42.9 Å². The Balaban J connectivity index is 2.13. The average molecular weight is 303 g/mol. The van der Waals surface area contributed by atoms with E-state index >= 15 is 0 Å². The fourth-order valence-electron chi connectivity index (χ4n) is 2.53. The fraction of sp³-hybridized carbons (Fsp3) is 0.500. The van der Waals surface area contributed by atoms with Crippen LogP contribution in [0, 0.1) is 11.3 Å². The van der Waals surface area contributed by atoms with Gasteiger partial charge in [0, 0.05) is 6.54 Å². The summed E-state index contributed by atoms with van der Waals surface area (Å²) in [6.45, 7) is 0.00774. The first-order valence-electron chi connectivity index (χ1n) is 6.55. The molecule has 0 bridgehead atoms. The number of carboxylic acids is 1. The number of carbonyl (C=O) groups is 1. The molecule has 1 atom stereocenters. The van der Waals surface area contributed by atoms with Crippen molar-refractivity contribution in [1.82, 2.24) is 0 Å². The van der Waals surface area contributed by atoms with Gasteiger partial charge in [-0.2, -0.15) is 0 Å². The molecular weight excluding hydrogens is 287 g/mol. The maximum absolute atomic E-state index is 12.1. The lowest BCUT2D eigenvalue weighted by molar-refractivity contribution is -0.274. The Labute approximate surface area is 119 Å². The first kappa shape index (κ1) is 15.6. The average Bonchev–Trinajstić information content (AvgIpc) is 3.20. The smallest absolute Gasteiger partial charge is 0.481 e. The zero-order valence-electron chi connectivity index (χ0n) is 11.2. The van der Waals surface area contributed by atoms with Crippen LogP contribution in [0.1, 0.15) is 18.4 Å². The van der Waals surface area contributed by atoms with Crippen LogP contribution in [-0.2, 0) is 11.2 Å². The summed E-state index contributed by atoms with van der Waals surface area (Å²) >= 11 is 0. The molecule has 0 amide bonds. The molecule has 0 radical (unpaired) electrons. The molecule has 1 aromatic carbocycles. The van der Waals surface area contributed by atoms with E-state index in [0.717, 1.165) is 12.8 Å². The number of aliphatic carboxylic acids is 1. The summed E-state index contributed by atoms with van der Waals surface area (Å²) in [6, 6.07) is 5.24. The van der Waals surface area contributed by atoms with Crippen molar-refractivity contribution in [1.29, 1.82) is 0 Å². The Hall–Kier alpha value is -1.76. The van der Waals surface area contributed by atoms with Crippen LogP contribution < -0.4 is 10.5 Å². The summed E-state index contributed by atoms with van der Waals surface area (Å²) < 4.78 is 40.0. The van der Waals surface area contributed by atoms with E-state index in [1.165, 1.54) is 24.3 Å². The second-order valence-electron chi connectivity index (χ2n) is 5.31. The van der Waals surface area contributed by atoms with Crippen molar-refractivity contribution < 1.29 is 27.8 Å². The van der Waals surface area contributed by atoms with Crippen LogP contribution in [0.25, 0.3) is 0 Å². The Morgan fingerprint density at radius 2 is 1.86 bits per heavy atom. The van der Waals surface area contributed by atoms with Gasteiger partial charge in [-0.3, -0.25) is 4.79 Å². The molecule has 1 aliphatic carbocycles. The largest absolute Gasteiger partial charge is 0.573 e. The second kappa shape index (κ2) is 5.55. The monoisotopic (exact) mass is 303 g/mol. The van der Waals surface area contributed by atoms with Crippen molar-refractivity contribution in [2.24, 2.45) is 17.1 Å². The highest BCUT2D eigenvalue weighted by Crippen LogP contribution is 2.47. The Bertz CT molecular complexity index is 511. The lowest BCUT2D eigenvalue weighted by Gasteiger charge is -2.28. The molecule has 116 valence electrons. The molecule has 0 spiro atoms. The minimum absolute atomic E-state index is 0.00774. The van der Waals surface area contributed by atoms with Crippen LogP contribution in [0.2, 0.25) is 0 Å². The van der Waals surface area contributed by atoms with E-state index in [0.29, 0.717) is 5.56 Å². The van der Waals surface area contributed by atoms with Gasteiger partial charge in [-0.1, -0.05) is 12.1 Å². The van der Waals surface area contributed by atoms with Gasteiger partial charge in [-0.15, -0.1) is 13.2 Å². The highest BCUT2D eigenvalue weighted by atomic mass is 19.4. The number of ether oxygens (including phenoxy) is 1. The summed E-state index contributed by atoms with van der Waals surface area (Å²) in [5.41, 5.74) is 5.25. The summed E-state index contributed by atoms with van der Waals surface area (Å²) in [4.78, 5) is 11.5. The topological polar surface area (TPSA) is 72.5 Å². The van der Waals surface area contributed by atoms with Crippen molar-refractivity contribution in [3.05, 3.63) is 29.8 Å². The number of hydrogen-bond donors (Lipinski definition) is 2. The minimum atomic E-state index is -4.74. The van der Waals surface area contributed by atoms with Crippen LogP contribution in [0.4, 0.5) is 13.2 Å². The maximum atomic E-state index is 12.1. The zero-order chi connectivity index (χ0) is 15.7. The summed E-state index contributed by atoms with van der Waals surface area (Å²) in [7, 11) is 0. The van der Waals surface area contributed by atoms with E-state index in [1.54, 1.807) is 0 Å². The second-order valence-corrected chi connectivity index (χ2v) is 5.31. The van der Waals surface area contributed by atoms with Gasteiger partial charge in [0.15, 0.2) is 0 Å². The summed E-state index contributed by atoms with van der Waals surface area (Å²) in [5, 5.41) is 9.45. The number of nitrogens with two attached hydrogens (primary N) is 1. The molecule has 1 unspecified atom stereocenters. The molecule has 7 heteroatoms. The van der Waals surface area contributed by atoms with Crippen LogP contribution in [0.15, 0.2) is 24.3 Å². The van der Waals surface area contributed by atoms with Crippen molar-refractivity contribution in [2.75, 3.05) is 6.54 Å². The summed E-state index contributed by atoms with van der Waals surface area (Å²) in [6.07, 6.45) is -2.90. The predicted molar refractivity (Wildman–Crippen MR) is 68.7 cm³/mol. The Kier molecular flexibility index (Phi) is 4.13.